The van der Waals surface area contributed by atoms with Crippen LogP contribution < -0.4 is 5.32 Å². The Balaban J connectivity index is 1.61. The normalized spacial score (nSPS) is 11.0. The monoisotopic (exact) mass is 341 g/mol. The van der Waals surface area contributed by atoms with Crippen molar-refractivity contribution in [3.8, 4) is 0 Å². The minimum atomic E-state index is -0.259. The standard InChI is InChI=1S/C18H20FN5O/c1-11-4-5-14(8-16(11)19)9-20-17(25)7-6-15-12(2)23-18-21-10-22-24(18)13(15)3/h4-5,8,10H,6-7,9H2,1-3H3,(H,20,25). The van der Waals surface area contributed by atoms with Crippen molar-refractivity contribution in [3.05, 3.63) is 58.4 Å². The first-order chi connectivity index (χ1) is 12.0. The third-order valence-electron chi connectivity index (χ3n) is 4.32. The maximum absolute atomic E-state index is 13.5. The molecule has 0 aliphatic heterocycles. The summed E-state index contributed by atoms with van der Waals surface area (Å²) >= 11 is 0. The summed E-state index contributed by atoms with van der Waals surface area (Å²) in [5.41, 5.74) is 4.13. The van der Waals surface area contributed by atoms with Crippen molar-refractivity contribution in [2.24, 2.45) is 0 Å². The zero-order chi connectivity index (χ0) is 18.0. The van der Waals surface area contributed by atoms with Gasteiger partial charge in [-0.1, -0.05) is 12.1 Å². The van der Waals surface area contributed by atoms with Crippen LogP contribution in [0.4, 0.5) is 4.39 Å². The number of halogens is 1. The molecule has 3 rings (SSSR count). The highest BCUT2D eigenvalue weighted by atomic mass is 19.1. The number of benzene rings is 1. The van der Waals surface area contributed by atoms with Crippen molar-refractivity contribution in [1.82, 2.24) is 24.9 Å². The zero-order valence-corrected chi connectivity index (χ0v) is 14.5. The number of aromatic nitrogens is 4. The Morgan fingerprint density at radius 1 is 1.28 bits per heavy atom. The lowest BCUT2D eigenvalue weighted by Gasteiger charge is -2.11. The Bertz CT molecular complexity index is 935. The smallest absolute Gasteiger partial charge is 0.252 e. The predicted molar refractivity (Wildman–Crippen MR) is 91.6 cm³/mol. The lowest BCUT2D eigenvalue weighted by molar-refractivity contribution is -0.121. The number of aryl methyl sites for hydroxylation is 3. The Labute approximate surface area is 145 Å². The highest BCUT2D eigenvalue weighted by molar-refractivity contribution is 5.76. The summed E-state index contributed by atoms with van der Waals surface area (Å²) in [6.45, 7) is 5.87. The number of nitrogens with one attached hydrogen (secondary N) is 1. The van der Waals surface area contributed by atoms with Crippen molar-refractivity contribution < 1.29 is 9.18 Å². The van der Waals surface area contributed by atoms with E-state index in [4.69, 9.17) is 0 Å². The van der Waals surface area contributed by atoms with Gasteiger partial charge in [0.25, 0.3) is 5.78 Å². The zero-order valence-electron chi connectivity index (χ0n) is 14.5. The number of nitrogens with zero attached hydrogens (tertiary/aromatic N) is 4. The topological polar surface area (TPSA) is 72.2 Å². The molecule has 0 unspecified atom stereocenters. The molecule has 0 saturated heterocycles. The summed E-state index contributed by atoms with van der Waals surface area (Å²) < 4.78 is 15.2. The number of hydrogen-bond donors (Lipinski definition) is 1. The summed E-state index contributed by atoms with van der Waals surface area (Å²) in [5.74, 6) is 0.216. The first-order valence-corrected chi connectivity index (χ1v) is 8.13. The van der Waals surface area contributed by atoms with Gasteiger partial charge in [0.05, 0.1) is 0 Å². The largest absolute Gasteiger partial charge is 0.352 e. The average molecular weight is 341 g/mol. The van der Waals surface area contributed by atoms with Crippen LogP contribution in [0.15, 0.2) is 24.5 Å². The summed E-state index contributed by atoms with van der Waals surface area (Å²) in [5, 5.41) is 6.97. The van der Waals surface area contributed by atoms with E-state index >= 15 is 0 Å². The fourth-order valence-corrected chi connectivity index (χ4v) is 2.79. The molecule has 1 N–H and O–H groups in total. The van der Waals surface area contributed by atoms with Gasteiger partial charge in [-0.05, 0) is 49.9 Å². The van der Waals surface area contributed by atoms with Gasteiger partial charge in [-0.2, -0.15) is 10.1 Å². The lowest BCUT2D eigenvalue weighted by Crippen LogP contribution is -2.23. The minimum absolute atomic E-state index is 0.0847. The maximum Gasteiger partial charge on any atom is 0.252 e. The molecule has 1 amide bonds. The van der Waals surface area contributed by atoms with Gasteiger partial charge in [0.1, 0.15) is 12.1 Å². The molecule has 2 aromatic heterocycles. The molecule has 130 valence electrons. The molecule has 25 heavy (non-hydrogen) atoms. The fourth-order valence-electron chi connectivity index (χ4n) is 2.79. The Kier molecular flexibility index (Phi) is 4.74. The highest BCUT2D eigenvalue weighted by Gasteiger charge is 2.12. The molecule has 0 atom stereocenters. The van der Waals surface area contributed by atoms with E-state index in [-0.39, 0.29) is 11.7 Å². The molecular weight excluding hydrogens is 321 g/mol. The molecule has 0 bridgehead atoms. The first-order valence-electron chi connectivity index (χ1n) is 8.13. The number of amides is 1. The molecule has 3 aromatic rings. The molecule has 0 radical (unpaired) electrons. The lowest BCUT2D eigenvalue weighted by atomic mass is 10.1. The van der Waals surface area contributed by atoms with E-state index in [1.54, 1.807) is 17.5 Å². The van der Waals surface area contributed by atoms with Gasteiger partial charge < -0.3 is 5.32 Å². The van der Waals surface area contributed by atoms with Crippen LogP contribution in [0.3, 0.4) is 0 Å². The number of rotatable bonds is 5. The second kappa shape index (κ2) is 6.96. The van der Waals surface area contributed by atoms with Crippen LogP contribution in [0.1, 0.15) is 34.5 Å². The van der Waals surface area contributed by atoms with Crippen LogP contribution in [-0.4, -0.2) is 25.5 Å². The summed E-state index contributed by atoms with van der Waals surface area (Å²) in [6.07, 6.45) is 2.36. The fraction of sp³-hybridized carbons (Fsp3) is 0.333. The second-order valence-corrected chi connectivity index (χ2v) is 6.09. The third kappa shape index (κ3) is 3.65. The second-order valence-electron chi connectivity index (χ2n) is 6.09. The van der Waals surface area contributed by atoms with E-state index in [2.05, 4.69) is 20.4 Å². The van der Waals surface area contributed by atoms with Crippen molar-refractivity contribution in [2.45, 2.75) is 40.2 Å². The molecule has 0 aliphatic carbocycles. The van der Waals surface area contributed by atoms with Crippen molar-refractivity contribution in [1.29, 1.82) is 0 Å². The molecule has 0 saturated carbocycles. The number of carbonyl (C=O) groups is 1. The SMILES string of the molecule is Cc1ccc(CNC(=O)CCc2c(C)nc3ncnn3c2C)cc1F. The molecule has 2 heterocycles. The highest BCUT2D eigenvalue weighted by Crippen LogP contribution is 2.15. The van der Waals surface area contributed by atoms with Gasteiger partial charge in [-0.15, -0.1) is 0 Å². The summed E-state index contributed by atoms with van der Waals surface area (Å²) in [7, 11) is 0. The molecule has 7 heteroatoms. The molecular formula is C18H20FN5O. The Morgan fingerprint density at radius 3 is 2.84 bits per heavy atom. The van der Waals surface area contributed by atoms with E-state index in [9.17, 15) is 9.18 Å². The molecule has 0 spiro atoms. The van der Waals surface area contributed by atoms with E-state index in [1.807, 2.05) is 19.9 Å². The van der Waals surface area contributed by atoms with Crippen LogP contribution >= 0.6 is 0 Å². The van der Waals surface area contributed by atoms with Crippen LogP contribution in [0.5, 0.6) is 0 Å². The summed E-state index contributed by atoms with van der Waals surface area (Å²) in [4.78, 5) is 20.6. The molecule has 6 nitrogen and oxygen atoms in total. The predicted octanol–water partition coefficient (Wildman–Crippen LogP) is 2.44. The van der Waals surface area contributed by atoms with Gasteiger partial charge in [-0.3, -0.25) is 4.79 Å². The Morgan fingerprint density at radius 2 is 2.08 bits per heavy atom. The van der Waals surface area contributed by atoms with E-state index in [0.29, 0.717) is 30.7 Å². The quantitative estimate of drug-likeness (QED) is 0.774. The number of hydrogen-bond acceptors (Lipinski definition) is 4. The maximum atomic E-state index is 13.5. The summed E-state index contributed by atoms with van der Waals surface area (Å²) in [6, 6.07) is 4.98. The van der Waals surface area contributed by atoms with Crippen LogP contribution in [0, 0.1) is 26.6 Å². The number of carbonyl (C=O) groups excluding carboxylic acids is 1. The van der Waals surface area contributed by atoms with Gasteiger partial charge in [-0.25, -0.2) is 13.9 Å². The van der Waals surface area contributed by atoms with Crippen molar-refractivity contribution >= 4 is 11.7 Å². The van der Waals surface area contributed by atoms with Crippen LogP contribution in [0.25, 0.3) is 5.78 Å². The van der Waals surface area contributed by atoms with Crippen molar-refractivity contribution in [2.75, 3.05) is 0 Å². The van der Waals surface area contributed by atoms with E-state index in [1.165, 1.54) is 12.4 Å². The number of fused-ring (bicyclic) bond motifs is 1. The Hall–Kier alpha value is -2.83. The molecule has 1 aromatic carbocycles. The molecule has 0 fully saturated rings. The average Bonchev–Trinajstić information content (AvgIpc) is 3.04. The van der Waals surface area contributed by atoms with Gasteiger partial charge >= 0.3 is 0 Å². The van der Waals surface area contributed by atoms with Gasteiger partial charge in [0.15, 0.2) is 0 Å². The first kappa shape index (κ1) is 17.0. The van der Waals surface area contributed by atoms with Crippen LogP contribution in [-0.2, 0) is 17.8 Å². The minimum Gasteiger partial charge on any atom is -0.352 e. The van der Waals surface area contributed by atoms with E-state index < -0.39 is 0 Å². The van der Waals surface area contributed by atoms with E-state index in [0.717, 1.165) is 22.5 Å². The third-order valence-corrected chi connectivity index (χ3v) is 4.32. The van der Waals surface area contributed by atoms with Crippen LogP contribution in [0.2, 0.25) is 0 Å². The molecule has 0 aliphatic rings. The van der Waals surface area contributed by atoms with Crippen molar-refractivity contribution in [3.63, 3.8) is 0 Å². The van der Waals surface area contributed by atoms with Gasteiger partial charge in [0, 0.05) is 24.4 Å². The van der Waals surface area contributed by atoms with Gasteiger partial charge in [0.2, 0.25) is 5.91 Å².